The van der Waals surface area contributed by atoms with Crippen LogP contribution in [0, 0.1) is 13.8 Å². The maximum atomic E-state index is 12.7. The Bertz CT molecular complexity index is 782. The third-order valence-corrected chi connectivity index (χ3v) is 4.44. The molecule has 8 heteroatoms. The molecule has 25 heavy (non-hydrogen) atoms. The van der Waals surface area contributed by atoms with Crippen molar-refractivity contribution >= 4 is 17.7 Å². The number of carbonyl (C=O) groups is 2. The van der Waals surface area contributed by atoms with Gasteiger partial charge in [-0.1, -0.05) is 0 Å². The molecular formula is C17H21N5O3. The number of likely N-dealkylation sites (tertiary alicyclic amines) is 1. The van der Waals surface area contributed by atoms with Crippen molar-refractivity contribution in [2.75, 3.05) is 19.0 Å². The molecule has 2 N–H and O–H groups in total. The summed E-state index contributed by atoms with van der Waals surface area (Å²) in [4.78, 5) is 30.1. The number of aryl methyl sites for hydroxylation is 2. The fraction of sp³-hybridized carbons (Fsp3) is 0.412. The van der Waals surface area contributed by atoms with Crippen LogP contribution in [0.15, 0.2) is 18.5 Å². The number of carbonyl (C=O) groups excluding carboxylic acids is 2. The molecule has 2 aromatic rings. The Morgan fingerprint density at radius 2 is 2.16 bits per heavy atom. The number of pyridine rings is 1. The summed E-state index contributed by atoms with van der Waals surface area (Å²) in [5.74, 6) is -0.493. The van der Waals surface area contributed by atoms with E-state index in [9.17, 15) is 9.59 Å². The standard InChI is InChI=1S/C17H21N5O3/c1-10-15(11(2)21-20-10)14-5-4-6-22(14)17(24)19-13-7-12(8-18-9-13)16(23)25-3/h7-9,14H,4-6H2,1-3H3,(H,19,24)(H,20,21)/t14-/m1/s1. The quantitative estimate of drug-likeness (QED) is 0.834. The second kappa shape index (κ2) is 6.92. The summed E-state index contributed by atoms with van der Waals surface area (Å²) in [6.07, 6.45) is 4.74. The van der Waals surface area contributed by atoms with Crippen LogP contribution in [0.5, 0.6) is 0 Å². The molecule has 0 spiro atoms. The molecule has 1 fully saturated rings. The molecule has 3 rings (SSSR count). The van der Waals surface area contributed by atoms with Gasteiger partial charge in [0.25, 0.3) is 0 Å². The van der Waals surface area contributed by atoms with Crippen molar-refractivity contribution in [2.45, 2.75) is 32.7 Å². The van der Waals surface area contributed by atoms with Gasteiger partial charge in [-0.25, -0.2) is 9.59 Å². The Balaban J connectivity index is 1.78. The fourth-order valence-electron chi connectivity index (χ4n) is 3.29. The van der Waals surface area contributed by atoms with Crippen LogP contribution in [-0.4, -0.2) is 45.7 Å². The summed E-state index contributed by atoms with van der Waals surface area (Å²) < 4.78 is 4.68. The lowest BCUT2D eigenvalue weighted by Gasteiger charge is -2.25. The predicted molar refractivity (Wildman–Crippen MR) is 91.3 cm³/mol. The summed E-state index contributed by atoms with van der Waals surface area (Å²) in [6.45, 7) is 4.58. The first-order valence-electron chi connectivity index (χ1n) is 8.13. The van der Waals surface area contributed by atoms with Gasteiger partial charge in [-0.2, -0.15) is 5.10 Å². The van der Waals surface area contributed by atoms with Crippen LogP contribution in [0.2, 0.25) is 0 Å². The van der Waals surface area contributed by atoms with E-state index in [1.54, 1.807) is 11.0 Å². The number of rotatable bonds is 3. The molecular weight excluding hydrogens is 322 g/mol. The highest BCUT2D eigenvalue weighted by Crippen LogP contribution is 2.35. The van der Waals surface area contributed by atoms with E-state index in [4.69, 9.17) is 0 Å². The number of anilines is 1. The first-order chi connectivity index (χ1) is 12.0. The SMILES string of the molecule is COC(=O)c1cncc(NC(=O)N2CCC[C@@H]2c2c(C)n[nH]c2C)c1. The van der Waals surface area contributed by atoms with Crippen LogP contribution in [0.25, 0.3) is 0 Å². The number of nitrogens with one attached hydrogen (secondary N) is 2. The van der Waals surface area contributed by atoms with Crippen molar-refractivity contribution in [1.82, 2.24) is 20.1 Å². The van der Waals surface area contributed by atoms with Crippen LogP contribution in [0.1, 0.15) is 46.2 Å². The molecule has 0 saturated carbocycles. The zero-order valence-electron chi connectivity index (χ0n) is 14.5. The average molecular weight is 343 g/mol. The lowest BCUT2D eigenvalue weighted by Crippen LogP contribution is -2.34. The third kappa shape index (κ3) is 3.33. The van der Waals surface area contributed by atoms with Gasteiger partial charge in [0.1, 0.15) is 0 Å². The van der Waals surface area contributed by atoms with Crippen LogP contribution < -0.4 is 5.32 Å². The van der Waals surface area contributed by atoms with Crippen molar-refractivity contribution in [3.05, 3.63) is 41.0 Å². The third-order valence-electron chi connectivity index (χ3n) is 4.44. The van der Waals surface area contributed by atoms with Crippen molar-refractivity contribution in [3.63, 3.8) is 0 Å². The van der Waals surface area contributed by atoms with Gasteiger partial charge >= 0.3 is 12.0 Å². The topological polar surface area (TPSA) is 100 Å². The minimum absolute atomic E-state index is 0.00417. The highest BCUT2D eigenvalue weighted by Gasteiger charge is 2.33. The molecule has 0 aromatic carbocycles. The number of urea groups is 1. The molecule has 2 aromatic heterocycles. The van der Waals surface area contributed by atoms with Crippen LogP contribution in [-0.2, 0) is 4.74 Å². The van der Waals surface area contributed by atoms with Crippen molar-refractivity contribution in [2.24, 2.45) is 0 Å². The van der Waals surface area contributed by atoms with Gasteiger partial charge in [0, 0.05) is 24.0 Å². The molecule has 0 radical (unpaired) electrons. The van der Waals surface area contributed by atoms with Gasteiger partial charge in [-0.05, 0) is 32.8 Å². The summed E-state index contributed by atoms with van der Waals surface area (Å²) in [5.41, 5.74) is 3.72. The molecule has 0 bridgehead atoms. The summed E-state index contributed by atoms with van der Waals surface area (Å²) in [5, 5.41) is 10.0. The zero-order valence-corrected chi connectivity index (χ0v) is 14.5. The molecule has 3 heterocycles. The summed E-state index contributed by atoms with van der Waals surface area (Å²) >= 11 is 0. The van der Waals surface area contributed by atoms with Gasteiger partial charge < -0.3 is 15.0 Å². The number of amides is 2. The number of methoxy groups -OCH3 is 1. The lowest BCUT2D eigenvalue weighted by molar-refractivity contribution is 0.0600. The molecule has 1 atom stereocenters. The van der Waals surface area contributed by atoms with E-state index in [0.717, 1.165) is 29.8 Å². The Labute approximate surface area is 145 Å². The first kappa shape index (κ1) is 16.9. The number of aromatic nitrogens is 3. The number of H-pyrrole nitrogens is 1. The Morgan fingerprint density at radius 1 is 1.36 bits per heavy atom. The lowest BCUT2D eigenvalue weighted by atomic mass is 10.0. The number of ether oxygens (including phenoxy) is 1. The molecule has 1 aliphatic heterocycles. The van der Waals surface area contributed by atoms with E-state index in [1.165, 1.54) is 19.5 Å². The normalized spacial score (nSPS) is 16.8. The summed E-state index contributed by atoms with van der Waals surface area (Å²) in [6, 6.07) is 1.33. The van der Waals surface area contributed by atoms with Crippen molar-refractivity contribution in [1.29, 1.82) is 0 Å². The van der Waals surface area contributed by atoms with Gasteiger partial charge in [-0.3, -0.25) is 10.1 Å². The summed E-state index contributed by atoms with van der Waals surface area (Å²) in [7, 11) is 1.30. The number of esters is 1. The minimum atomic E-state index is -0.493. The highest BCUT2D eigenvalue weighted by atomic mass is 16.5. The molecule has 132 valence electrons. The predicted octanol–water partition coefficient (Wildman–Crippen LogP) is 2.58. The Morgan fingerprint density at radius 3 is 2.84 bits per heavy atom. The van der Waals surface area contributed by atoms with Crippen LogP contribution in [0.3, 0.4) is 0 Å². The Hall–Kier alpha value is -2.90. The molecule has 1 saturated heterocycles. The smallest absolute Gasteiger partial charge is 0.339 e. The van der Waals surface area contributed by atoms with Gasteiger partial charge in [0.2, 0.25) is 0 Å². The van der Waals surface area contributed by atoms with Gasteiger partial charge in [0.05, 0.1) is 36.3 Å². The number of hydrogen-bond acceptors (Lipinski definition) is 5. The van der Waals surface area contributed by atoms with Gasteiger partial charge in [0.15, 0.2) is 0 Å². The van der Waals surface area contributed by atoms with Crippen LogP contribution >= 0.6 is 0 Å². The maximum absolute atomic E-state index is 12.7. The molecule has 2 amide bonds. The van der Waals surface area contributed by atoms with E-state index in [0.29, 0.717) is 17.8 Å². The molecule has 0 aliphatic carbocycles. The molecule has 1 aliphatic rings. The largest absolute Gasteiger partial charge is 0.465 e. The number of aromatic amines is 1. The van der Waals surface area contributed by atoms with Crippen molar-refractivity contribution < 1.29 is 14.3 Å². The van der Waals surface area contributed by atoms with Gasteiger partial charge in [-0.15, -0.1) is 0 Å². The van der Waals surface area contributed by atoms with E-state index >= 15 is 0 Å². The van der Waals surface area contributed by atoms with Crippen LogP contribution in [0.4, 0.5) is 10.5 Å². The first-order valence-corrected chi connectivity index (χ1v) is 8.13. The second-order valence-corrected chi connectivity index (χ2v) is 6.08. The highest BCUT2D eigenvalue weighted by molar-refractivity contribution is 5.93. The average Bonchev–Trinajstić information content (AvgIpc) is 3.20. The van der Waals surface area contributed by atoms with E-state index < -0.39 is 5.97 Å². The monoisotopic (exact) mass is 343 g/mol. The van der Waals surface area contributed by atoms with E-state index in [-0.39, 0.29) is 12.1 Å². The second-order valence-electron chi connectivity index (χ2n) is 6.08. The maximum Gasteiger partial charge on any atom is 0.339 e. The number of hydrogen-bond donors (Lipinski definition) is 2. The van der Waals surface area contributed by atoms with E-state index in [2.05, 4.69) is 25.2 Å². The zero-order chi connectivity index (χ0) is 18.0. The molecule has 0 unspecified atom stereocenters. The Kier molecular flexibility index (Phi) is 4.69. The number of nitrogens with zero attached hydrogens (tertiary/aromatic N) is 3. The van der Waals surface area contributed by atoms with Crippen molar-refractivity contribution in [3.8, 4) is 0 Å². The van der Waals surface area contributed by atoms with E-state index in [1.807, 2.05) is 13.8 Å². The fourth-order valence-corrected chi connectivity index (χ4v) is 3.29. The molecule has 8 nitrogen and oxygen atoms in total. The minimum Gasteiger partial charge on any atom is -0.465 e.